The Hall–Kier alpha value is -1.59. The lowest BCUT2D eigenvalue weighted by atomic mass is 9.49. The van der Waals surface area contributed by atoms with Gasteiger partial charge in [-0.1, -0.05) is 11.6 Å². The van der Waals surface area contributed by atoms with E-state index >= 15 is 0 Å². The van der Waals surface area contributed by atoms with E-state index < -0.39 is 5.91 Å². The Morgan fingerprint density at radius 2 is 1.74 bits per heavy atom. The third kappa shape index (κ3) is 2.78. The minimum absolute atomic E-state index is 0.130. The van der Waals surface area contributed by atoms with Crippen molar-refractivity contribution in [3.05, 3.63) is 33.8 Å². The minimum Gasteiger partial charge on any atom is -0.337 e. The van der Waals surface area contributed by atoms with Crippen molar-refractivity contribution in [3.63, 3.8) is 0 Å². The molecule has 27 heavy (non-hydrogen) atoms. The summed E-state index contributed by atoms with van der Waals surface area (Å²) in [6, 6.07) is 3.35. The highest BCUT2D eigenvalue weighted by Gasteiger charge is 2.55. The molecular formula is C21H25ClN2O3. The van der Waals surface area contributed by atoms with E-state index in [9.17, 15) is 9.59 Å². The first-order valence-corrected chi connectivity index (χ1v) is 10.4. The lowest BCUT2D eigenvalue weighted by molar-refractivity contribution is -0.158. The highest BCUT2D eigenvalue weighted by atomic mass is 35.5. The predicted molar refractivity (Wildman–Crippen MR) is 100 cm³/mol. The lowest BCUT2D eigenvalue weighted by Gasteiger charge is -2.56. The molecular weight excluding hydrogens is 364 g/mol. The van der Waals surface area contributed by atoms with Gasteiger partial charge >= 0.3 is 0 Å². The molecule has 4 aliphatic carbocycles. The summed E-state index contributed by atoms with van der Waals surface area (Å²) in [7, 11) is 0. The third-order valence-corrected chi connectivity index (χ3v) is 7.77. The molecule has 4 saturated carbocycles. The third-order valence-electron chi connectivity index (χ3n) is 7.43. The number of halogens is 1. The molecule has 1 aromatic carbocycles. The van der Waals surface area contributed by atoms with Crippen LogP contribution in [0, 0.1) is 23.2 Å². The van der Waals surface area contributed by atoms with Gasteiger partial charge in [0.1, 0.15) is 0 Å². The van der Waals surface area contributed by atoms with Crippen LogP contribution >= 0.6 is 11.6 Å². The van der Waals surface area contributed by atoms with E-state index in [1.807, 2.05) is 4.90 Å². The Bertz CT molecular complexity index is 787. The Morgan fingerprint density at radius 3 is 2.33 bits per heavy atom. The average Bonchev–Trinajstić information content (AvgIpc) is 2.65. The topological polar surface area (TPSA) is 69.6 Å². The minimum atomic E-state index is -0.563. The number of benzene rings is 1. The Kier molecular flexibility index (Phi) is 4.03. The summed E-state index contributed by atoms with van der Waals surface area (Å²) < 4.78 is 0. The van der Waals surface area contributed by atoms with Gasteiger partial charge in [-0.3, -0.25) is 14.8 Å². The largest absolute Gasteiger partial charge is 0.337 e. The van der Waals surface area contributed by atoms with Gasteiger partial charge < -0.3 is 4.90 Å². The maximum Gasteiger partial charge on any atom is 0.274 e. The zero-order chi connectivity index (χ0) is 18.8. The van der Waals surface area contributed by atoms with Crippen LogP contribution in [0.5, 0.6) is 0 Å². The molecule has 0 saturated heterocycles. The number of rotatable bonds is 2. The molecule has 2 N–H and O–H groups in total. The molecule has 0 unspecified atom stereocenters. The van der Waals surface area contributed by atoms with Crippen molar-refractivity contribution in [2.24, 2.45) is 23.2 Å². The smallest absolute Gasteiger partial charge is 0.274 e. The van der Waals surface area contributed by atoms with E-state index in [2.05, 4.69) is 0 Å². The fourth-order valence-corrected chi connectivity index (χ4v) is 6.99. The molecule has 1 aromatic rings. The van der Waals surface area contributed by atoms with Gasteiger partial charge in [0.25, 0.3) is 5.91 Å². The van der Waals surface area contributed by atoms with Crippen LogP contribution in [0.2, 0.25) is 5.02 Å². The predicted octanol–water partition coefficient (Wildman–Crippen LogP) is 3.56. The number of carbonyl (C=O) groups is 2. The Labute approximate surface area is 164 Å². The summed E-state index contributed by atoms with van der Waals surface area (Å²) in [6.07, 6.45) is 7.91. The van der Waals surface area contributed by atoms with Crippen LogP contribution in [-0.2, 0) is 17.8 Å². The summed E-state index contributed by atoms with van der Waals surface area (Å²) >= 11 is 6.44. The molecule has 5 aliphatic rings. The Balaban J connectivity index is 1.40. The van der Waals surface area contributed by atoms with Crippen LogP contribution in [0.4, 0.5) is 0 Å². The van der Waals surface area contributed by atoms with Gasteiger partial charge in [-0.15, -0.1) is 0 Å². The highest BCUT2D eigenvalue weighted by Crippen LogP contribution is 2.60. The van der Waals surface area contributed by atoms with Gasteiger partial charge in [0.05, 0.1) is 5.41 Å². The molecule has 5 nitrogen and oxygen atoms in total. The highest BCUT2D eigenvalue weighted by molar-refractivity contribution is 6.31. The number of nitrogens with zero attached hydrogens (tertiary/aromatic N) is 1. The van der Waals surface area contributed by atoms with Crippen molar-refractivity contribution in [2.75, 3.05) is 6.54 Å². The van der Waals surface area contributed by atoms with Crippen molar-refractivity contribution in [1.82, 2.24) is 10.4 Å². The first kappa shape index (κ1) is 17.5. The lowest BCUT2D eigenvalue weighted by Crippen LogP contribution is -2.55. The van der Waals surface area contributed by atoms with E-state index in [-0.39, 0.29) is 5.41 Å². The molecule has 1 aliphatic heterocycles. The first-order chi connectivity index (χ1) is 13.0. The number of hydroxylamine groups is 1. The molecule has 0 radical (unpaired) electrons. The summed E-state index contributed by atoms with van der Waals surface area (Å²) in [5.41, 5.74) is 3.81. The van der Waals surface area contributed by atoms with Gasteiger partial charge in [-0.05, 0) is 86.0 Å². The van der Waals surface area contributed by atoms with E-state index in [1.165, 1.54) is 19.3 Å². The van der Waals surface area contributed by atoms with E-state index in [1.54, 1.807) is 17.6 Å². The van der Waals surface area contributed by atoms with E-state index in [0.717, 1.165) is 48.1 Å². The number of fused-ring (bicyclic) bond motifs is 1. The SMILES string of the molecule is O=C(NO)c1cc(Cl)c2c(c1)CCN(C(=O)C13CC4CC(CC(C4)C1)C3)C2. The monoisotopic (exact) mass is 388 g/mol. The van der Waals surface area contributed by atoms with Crippen molar-refractivity contribution in [2.45, 2.75) is 51.5 Å². The number of hydrogen-bond acceptors (Lipinski definition) is 3. The maximum absolute atomic E-state index is 13.6. The number of amides is 2. The fourth-order valence-electron chi connectivity index (χ4n) is 6.70. The van der Waals surface area contributed by atoms with Crippen LogP contribution in [0.1, 0.15) is 60.0 Å². The number of carbonyl (C=O) groups excluding carboxylic acids is 2. The standard InChI is InChI=1S/C21H25ClN2O3/c22-18-7-16(19(25)23-27)6-15-1-2-24(11-17(15)18)20(26)21-8-12-3-13(9-21)5-14(4-12)10-21/h6-7,12-14,27H,1-5,8-11H2,(H,23,25). The molecule has 0 atom stereocenters. The number of hydrogen-bond donors (Lipinski definition) is 2. The molecule has 2 amide bonds. The van der Waals surface area contributed by atoms with E-state index in [4.69, 9.17) is 16.8 Å². The summed E-state index contributed by atoms with van der Waals surface area (Å²) in [6.45, 7) is 1.20. The summed E-state index contributed by atoms with van der Waals surface area (Å²) in [5.74, 6) is 2.02. The number of nitrogens with one attached hydrogen (secondary N) is 1. The summed E-state index contributed by atoms with van der Waals surface area (Å²) in [5, 5.41) is 9.35. The second kappa shape index (κ2) is 6.21. The first-order valence-electron chi connectivity index (χ1n) is 10.0. The van der Waals surface area contributed by atoms with Crippen LogP contribution in [0.3, 0.4) is 0 Å². The van der Waals surface area contributed by atoms with Crippen LogP contribution in [-0.4, -0.2) is 28.5 Å². The molecule has 144 valence electrons. The molecule has 0 aromatic heterocycles. The van der Waals surface area contributed by atoms with Gasteiger partial charge in [-0.25, -0.2) is 5.48 Å². The zero-order valence-electron chi connectivity index (χ0n) is 15.3. The van der Waals surface area contributed by atoms with Gasteiger partial charge in [-0.2, -0.15) is 0 Å². The Morgan fingerprint density at radius 1 is 1.11 bits per heavy atom. The van der Waals surface area contributed by atoms with Gasteiger partial charge in [0.2, 0.25) is 5.91 Å². The zero-order valence-corrected chi connectivity index (χ0v) is 16.1. The van der Waals surface area contributed by atoms with Crippen molar-refractivity contribution >= 4 is 23.4 Å². The average molecular weight is 389 g/mol. The molecule has 6 heteroatoms. The van der Waals surface area contributed by atoms with E-state index in [0.29, 0.717) is 36.0 Å². The van der Waals surface area contributed by atoms with Gasteiger partial charge in [0, 0.05) is 23.7 Å². The van der Waals surface area contributed by atoms with Crippen LogP contribution in [0.25, 0.3) is 0 Å². The second-order valence-electron chi connectivity index (χ2n) is 9.21. The van der Waals surface area contributed by atoms with Crippen molar-refractivity contribution < 1.29 is 14.8 Å². The maximum atomic E-state index is 13.6. The summed E-state index contributed by atoms with van der Waals surface area (Å²) in [4.78, 5) is 27.3. The normalized spacial score (nSPS) is 33.7. The quantitative estimate of drug-likeness (QED) is 0.601. The molecule has 4 fully saturated rings. The molecule has 0 spiro atoms. The van der Waals surface area contributed by atoms with Crippen LogP contribution in [0.15, 0.2) is 12.1 Å². The van der Waals surface area contributed by atoms with Gasteiger partial charge in [0.15, 0.2) is 0 Å². The molecule has 1 heterocycles. The fraction of sp³-hybridized carbons (Fsp3) is 0.619. The molecule has 6 rings (SSSR count). The van der Waals surface area contributed by atoms with Crippen molar-refractivity contribution in [1.29, 1.82) is 0 Å². The second-order valence-corrected chi connectivity index (χ2v) is 9.62. The van der Waals surface area contributed by atoms with Crippen LogP contribution < -0.4 is 5.48 Å². The van der Waals surface area contributed by atoms with Crippen molar-refractivity contribution in [3.8, 4) is 0 Å². The molecule has 4 bridgehead atoms.